The first-order valence-corrected chi connectivity index (χ1v) is 9.70. The second kappa shape index (κ2) is 7.65. The van der Waals surface area contributed by atoms with Crippen LogP contribution in [0.5, 0.6) is 0 Å². The Kier molecular flexibility index (Phi) is 5.22. The molecule has 2 aromatic rings. The lowest BCUT2D eigenvalue weighted by Crippen LogP contribution is -2.39. The molecule has 2 fully saturated rings. The van der Waals surface area contributed by atoms with Crippen LogP contribution in [0, 0.1) is 11.3 Å². The molecule has 0 bridgehead atoms. The number of carbonyl (C=O) groups is 1. The molecule has 0 radical (unpaired) electrons. The highest BCUT2D eigenvalue weighted by Crippen LogP contribution is 2.42. The van der Waals surface area contributed by atoms with Gasteiger partial charge >= 0.3 is 0 Å². The van der Waals surface area contributed by atoms with E-state index < -0.39 is 0 Å². The number of aliphatic hydroxyl groups excluding tert-OH is 1. The fraction of sp³-hybridized carbons (Fsp3) is 0.556. The summed E-state index contributed by atoms with van der Waals surface area (Å²) in [6.07, 6.45) is 7.12. The van der Waals surface area contributed by atoms with Crippen molar-refractivity contribution in [2.24, 2.45) is 11.3 Å². The first-order valence-electron chi connectivity index (χ1n) is 9.33. The number of hydrogen-bond donors (Lipinski definition) is 2. The summed E-state index contributed by atoms with van der Waals surface area (Å²) >= 11 is 5.86. The topological polar surface area (TPSA) is 113 Å². The van der Waals surface area contributed by atoms with Gasteiger partial charge in [-0.1, -0.05) is 11.6 Å². The lowest BCUT2D eigenvalue weighted by atomic mass is 9.82. The second-order valence-corrected chi connectivity index (χ2v) is 8.22. The molecule has 3 N–H and O–H groups in total. The van der Waals surface area contributed by atoms with E-state index in [4.69, 9.17) is 17.3 Å². The molecule has 150 valence electrons. The highest BCUT2D eigenvalue weighted by molar-refractivity contribution is 6.30. The van der Waals surface area contributed by atoms with Gasteiger partial charge in [-0.3, -0.25) is 14.4 Å². The summed E-state index contributed by atoms with van der Waals surface area (Å²) in [7, 11) is 0. The van der Waals surface area contributed by atoms with Gasteiger partial charge in [-0.2, -0.15) is 5.10 Å². The molecule has 0 spiro atoms. The average molecular weight is 406 g/mol. The fourth-order valence-electron chi connectivity index (χ4n) is 4.36. The summed E-state index contributed by atoms with van der Waals surface area (Å²) in [4.78, 5) is 24.9. The highest BCUT2D eigenvalue weighted by atomic mass is 35.5. The van der Waals surface area contributed by atoms with Crippen molar-refractivity contribution in [3.8, 4) is 0 Å². The molecule has 4 heterocycles. The van der Waals surface area contributed by atoms with Gasteiger partial charge in [0.25, 0.3) is 0 Å². The van der Waals surface area contributed by atoms with Gasteiger partial charge in [0.1, 0.15) is 0 Å². The van der Waals surface area contributed by atoms with Crippen LogP contribution >= 0.6 is 11.6 Å². The van der Waals surface area contributed by atoms with Crippen LogP contribution in [-0.4, -0.2) is 73.3 Å². The number of aliphatic hydroxyl groups is 1. The molecule has 0 aromatic carbocycles. The number of carbonyl (C=O) groups excluding carboxylic acids is 1. The van der Waals surface area contributed by atoms with Crippen molar-refractivity contribution in [3.05, 3.63) is 35.4 Å². The van der Waals surface area contributed by atoms with E-state index in [-0.39, 0.29) is 29.8 Å². The van der Waals surface area contributed by atoms with Crippen LogP contribution < -0.4 is 5.73 Å². The molecular formula is C18H24ClN7O2. The number of nitrogen functional groups attached to an aromatic ring is 1. The van der Waals surface area contributed by atoms with Gasteiger partial charge in [0.2, 0.25) is 11.9 Å². The molecular weight excluding hydrogens is 382 g/mol. The van der Waals surface area contributed by atoms with E-state index >= 15 is 0 Å². The number of likely N-dealkylation sites (tertiary alicyclic amines) is 2. The van der Waals surface area contributed by atoms with Crippen molar-refractivity contribution in [2.75, 3.05) is 38.5 Å². The largest absolute Gasteiger partial charge is 0.396 e. The van der Waals surface area contributed by atoms with Crippen molar-refractivity contribution in [3.63, 3.8) is 0 Å². The summed E-state index contributed by atoms with van der Waals surface area (Å²) in [5.74, 6) is 0.614. The number of amides is 1. The number of aryl methyl sites for hydroxylation is 1. The minimum Gasteiger partial charge on any atom is -0.396 e. The third-order valence-electron chi connectivity index (χ3n) is 5.79. The van der Waals surface area contributed by atoms with E-state index in [1.54, 1.807) is 29.5 Å². The van der Waals surface area contributed by atoms with E-state index in [0.717, 1.165) is 18.7 Å². The summed E-state index contributed by atoms with van der Waals surface area (Å²) in [5.41, 5.74) is 6.27. The van der Waals surface area contributed by atoms with Crippen molar-refractivity contribution in [2.45, 2.75) is 19.5 Å². The Morgan fingerprint density at radius 2 is 2.07 bits per heavy atom. The summed E-state index contributed by atoms with van der Waals surface area (Å²) in [5, 5.41) is 14.8. The van der Waals surface area contributed by atoms with Crippen LogP contribution in [0.15, 0.2) is 24.8 Å². The predicted octanol–water partition coefficient (Wildman–Crippen LogP) is 0.252. The van der Waals surface area contributed by atoms with Crippen molar-refractivity contribution in [1.82, 2.24) is 29.5 Å². The van der Waals surface area contributed by atoms with E-state index in [9.17, 15) is 9.90 Å². The van der Waals surface area contributed by atoms with Crippen molar-refractivity contribution >= 4 is 23.5 Å². The monoisotopic (exact) mass is 405 g/mol. The molecule has 0 saturated carbocycles. The van der Waals surface area contributed by atoms with Crippen molar-refractivity contribution < 1.29 is 9.90 Å². The number of nitrogens with zero attached hydrogens (tertiary/aromatic N) is 6. The highest BCUT2D eigenvalue weighted by Gasteiger charge is 2.52. The number of anilines is 1. The van der Waals surface area contributed by atoms with Gasteiger partial charge in [-0.05, 0) is 5.92 Å². The Morgan fingerprint density at radius 1 is 1.29 bits per heavy atom. The summed E-state index contributed by atoms with van der Waals surface area (Å²) in [6, 6.07) is 0. The zero-order chi connectivity index (χ0) is 19.7. The van der Waals surface area contributed by atoms with Gasteiger partial charge in [0.15, 0.2) is 0 Å². The molecule has 2 atom stereocenters. The molecule has 28 heavy (non-hydrogen) atoms. The number of hydrogen-bond acceptors (Lipinski definition) is 7. The quantitative estimate of drug-likeness (QED) is 0.708. The minimum atomic E-state index is -0.265. The second-order valence-electron chi connectivity index (χ2n) is 7.78. The Balaban J connectivity index is 1.34. The van der Waals surface area contributed by atoms with E-state index in [0.29, 0.717) is 37.6 Å². The van der Waals surface area contributed by atoms with Gasteiger partial charge in [-0.15, -0.1) is 0 Å². The first-order chi connectivity index (χ1) is 13.5. The molecule has 2 saturated heterocycles. The Bertz CT molecular complexity index is 843. The SMILES string of the molecule is Nc1ncc(CN2CC3CN(C(=O)CCn4cc(Cl)cn4)CC3(CO)C2)cn1. The normalized spacial score (nSPS) is 24.6. The maximum Gasteiger partial charge on any atom is 0.224 e. The van der Waals surface area contributed by atoms with Crippen LogP contribution in [0.3, 0.4) is 0 Å². The third kappa shape index (κ3) is 3.82. The zero-order valence-corrected chi connectivity index (χ0v) is 16.3. The van der Waals surface area contributed by atoms with Crippen LogP contribution in [0.25, 0.3) is 0 Å². The lowest BCUT2D eigenvalue weighted by Gasteiger charge is -2.27. The van der Waals surface area contributed by atoms with Crippen LogP contribution in [0.4, 0.5) is 5.95 Å². The number of rotatable bonds is 6. The average Bonchev–Trinajstić information content (AvgIpc) is 3.34. The van der Waals surface area contributed by atoms with Crippen LogP contribution in [0.2, 0.25) is 5.02 Å². The molecule has 1 amide bonds. The number of nitrogens with two attached hydrogens (primary N) is 1. The number of halogens is 1. The first kappa shape index (κ1) is 19.1. The van der Waals surface area contributed by atoms with E-state index in [1.807, 2.05) is 4.90 Å². The van der Waals surface area contributed by atoms with Crippen LogP contribution in [-0.2, 0) is 17.9 Å². The summed E-state index contributed by atoms with van der Waals surface area (Å²) in [6.45, 7) is 4.13. The molecule has 2 aliphatic heterocycles. The Hall–Kier alpha value is -2.23. The minimum absolute atomic E-state index is 0.0744. The van der Waals surface area contributed by atoms with Crippen LogP contribution in [0.1, 0.15) is 12.0 Å². The third-order valence-corrected chi connectivity index (χ3v) is 5.98. The number of aromatic nitrogens is 4. The molecule has 0 aliphatic carbocycles. The molecule has 2 unspecified atom stereocenters. The van der Waals surface area contributed by atoms with Gasteiger partial charge in [0, 0.05) is 75.3 Å². The Morgan fingerprint density at radius 3 is 2.71 bits per heavy atom. The van der Waals surface area contributed by atoms with E-state index in [1.165, 1.54) is 0 Å². The van der Waals surface area contributed by atoms with E-state index in [2.05, 4.69) is 20.0 Å². The molecule has 2 aliphatic rings. The predicted molar refractivity (Wildman–Crippen MR) is 103 cm³/mol. The molecule has 4 rings (SSSR count). The lowest BCUT2D eigenvalue weighted by molar-refractivity contribution is -0.131. The number of fused-ring (bicyclic) bond motifs is 1. The maximum atomic E-state index is 12.6. The van der Waals surface area contributed by atoms with Gasteiger partial charge in [0.05, 0.1) is 17.8 Å². The summed E-state index contributed by atoms with van der Waals surface area (Å²) < 4.78 is 1.68. The molecule has 2 aromatic heterocycles. The van der Waals surface area contributed by atoms with Gasteiger partial charge in [-0.25, -0.2) is 9.97 Å². The smallest absolute Gasteiger partial charge is 0.224 e. The standard InChI is InChI=1S/C18H24ClN7O2/c19-15-5-23-26(9-15)2-1-16(28)25-8-14-7-24(10-18(14,11-25)12-27)6-13-3-21-17(20)22-4-13/h3-5,9,14,27H,1-2,6-8,10-12H2,(H2,20,21,22). The molecule has 9 nitrogen and oxygen atoms in total. The maximum absolute atomic E-state index is 12.6. The Labute approximate surface area is 168 Å². The van der Waals surface area contributed by atoms with Gasteiger partial charge < -0.3 is 15.7 Å². The molecule has 10 heteroatoms. The fourth-order valence-corrected chi connectivity index (χ4v) is 4.51. The zero-order valence-electron chi connectivity index (χ0n) is 15.5. The van der Waals surface area contributed by atoms with Crippen molar-refractivity contribution in [1.29, 1.82) is 0 Å².